The van der Waals surface area contributed by atoms with Crippen molar-refractivity contribution in [3.63, 3.8) is 0 Å². The third-order valence-electron chi connectivity index (χ3n) is 2.59. The van der Waals surface area contributed by atoms with Crippen molar-refractivity contribution >= 4 is 21.6 Å². The first-order chi connectivity index (χ1) is 7.47. The van der Waals surface area contributed by atoms with Crippen LogP contribution in [0.3, 0.4) is 0 Å². The van der Waals surface area contributed by atoms with Crippen molar-refractivity contribution in [2.45, 2.75) is 37.9 Å². The highest BCUT2D eigenvalue weighted by atomic mass is 79.9. The van der Waals surface area contributed by atoms with E-state index in [1.54, 1.807) is 19.2 Å². The molecule has 0 saturated heterocycles. The van der Waals surface area contributed by atoms with Crippen molar-refractivity contribution < 1.29 is 4.92 Å². The van der Waals surface area contributed by atoms with E-state index in [9.17, 15) is 10.1 Å². The zero-order valence-electron chi connectivity index (χ0n) is 9.61. The number of hydrogen-bond donors (Lipinski definition) is 0. The van der Waals surface area contributed by atoms with Gasteiger partial charge >= 0.3 is 0 Å². The van der Waals surface area contributed by atoms with Crippen LogP contribution in [0.15, 0.2) is 12.3 Å². The summed E-state index contributed by atoms with van der Waals surface area (Å²) in [5.74, 6) is 0.0333. The minimum atomic E-state index is -0.360. The van der Waals surface area contributed by atoms with Crippen molar-refractivity contribution in [3.8, 4) is 0 Å². The van der Waals surface area contributed by atoms with Crippen molar-refractivity contribution in [1.29, 1.82) is 0 Å². The van der Waals surface area contributed by atoms with Gasteiger partial charge in [0, 0.05) is 23.0 Å². The lowest BCUT2D eigenvalue weighted by molar-refractivity contribution is -0.386. The largest absolute Gasteiger partial charge is 0.291 e. The standard InChI is InChI=1S/C11H15BrN2O2/c1-4-9(12)8(3)11-10(14(15)16)5-7(2)6-13-11/h5-6,8-9H,4H2,1-3H3. The molecule has 88 valence electrons. The first-order valence-corrected chi connectivity index (χ1v) is 6.14. The van der Waals surface area contributed by atoms with E-state index in [1.807, 2.05) is 13.8 Å². The van der Waals surface area contributed by atoms with Crippen LogP contribution in [0, 0.1) is 17.0 Å². The fraction of sp³-hybridized carbons (Fsp3) is 0.545. The molecule has 1 rings (SSSR count). The van der Waals surface area contributed by atoms with Gasteiger partial charge < -0.3 is 0 Å². The second-order valence-electron chi connectivity index (χ2n) is 3.89. The average molecular weight is 287 g/mol. The molecule has 0 radical (unpaired) electrons. The Morgan fingerprint density at radius 1 is 1.62 bits per heavy atom. The maximum Gasteiger partial charge on any atom is 0.291 e. The molecule has 0 aliphatic carbocycles. The third-order valence-corrected chi connectivity index (χ3v) is 4.04. The number of aryl methyl sites for hydroxylation is 1. The van der Waals surface area contributed by atoms with Gasteiger partial charge in [-0.3, -0.25) is 15.1 Å². The van der Waals surface area contributed by atoms with Gasteiger partial charge in [0.15, 0.2) is 0 Å². The number of hydrogen-bond acceptors (Lipinski definition) is 3. The highest BCUT2D eigenvalue weighted by Gasteiger charge is 2.24. The Bertz CT molecular complexity index is 396. The van der Waals surface area contributed by atoms with Crippen LogP contribution in [-0.4, -0.2) is 14.7 Å². The monoisotopic (exact) mass is 286 g/mol. The average Bonchev–Trinajstić information content (AvgIpc) is 2.26. The minimum absolute atomic E-state index is 0.0333. The summed E-state index contributed by atoms with van der Waals surface area (Å²) < 4.78 is 0. The lowest BCUT2D eigenvalue weighted by Gasteiger charge is -2.16. The lowest BCUT2D eigenvalue weighted by atomic mass is 9.99. The summed E-state index contributed by atoms with van der Waals surface area (Å²) in [6.07, 6.45) is 2.59. The van der Waals surface area contributed by atoms with Gasteiger partial charge in [0.1, 0.15) is 5.69 Å². The lowest BCUT2D eigenvalue weighted by Crippen LogP contribution is -2.12. The van der Waals surface area contributed by atoms with Gasteiger partial charge in [0.2, 0.25) is 0 Å². The summed E-state index contributed by atoms with van der Waals surface area (Å²) in [4.78, 5) is 15.0. The minimum Gasteiger partial charge on any atom is -0.258 e. The topological polar surface area (TPSA) is 56.0 Å². The Kier molecular flexibility index (Phi) is 4.41. The predicted octanol–water partition coefficient (Wildman–Crippen LogP) is 3.58. The number of pyridine rings is 1. The number of alkyl halides is 1. The SMILES string of the molecule is CCC(Br)C(C)c1ncc(C)cc1[N+](=O)[O-]. The van der Waals surface area contributed by atoms with Crippen LogP contribution in [0.4, 0.5) is 5.69 Å². The predicted molar refractivity (Wildman–Crippen MR) is 67.0 cm³/mol. The normalized spacial score (nSPS) is 14.5. The number of nitrogens with zero attached hydrogens (tertiary/aromatic N) is 2. The molecule has 0 amide bonds. The summed E-state index contributed by atoms with van der Waals surface area (Å²) in [7, 11) is 0. The Balaban J connectivity index is 3.17. The molecule has 0 aliphatic heterocycles. The van der Waals surface area contributed by atoms with E-state index in [-0.39, 0.29) is 21.4 Å². The van der Waals surface area contributed by atoms with Gasteiger partial charge in [0.25, 0.3) is 5.69 Å². The molecule has 0 fully saturated rings. The Morgan fingerprint density at radius 3 is 2.75 bits per heavy atom. The molecule has 2 atom stereocenters. The maximum atomic E-state index is 10.9. The quantitative estimate of drug-likeness (QED) is 0.483. The number of aromatic nitrogens is 1. The first kappa shape index (κ1) is 13.1. The molecule has 0 saturated carbocycles. The van der Waals surface area contributed by atoms with E-state index in [2.05, 4.69) is 20.9 Å². The van der Waals surface area contributed by atoms with Gasteiger partial charge in [-0.25, -0.2) is 0 Å². The maximum absolute atomic E-state index is 10.9. The van der Waals surface area contributed by atoms with Crippen molar-refractivity contribution in [3.05, 3.63) is 33.6 Å². The van der Waals surface area contributed by atoms with Crippen LogP contribution >= 0.6 is 15.9 Å². The van der Waals surface area contributed by atoms with Gasteiger partial charge in [-0.15, -0.1) is 0 Å². The molecule has 4 nitrogen and oxygen atoms in total. The van der Waals surface area contributed by atoms with Crippen molar-refractivity contribution in [2.24, 2.45) is 0 Å². The van der Waals surface area contributed by atoms with Crippen LogP contribution in [-0.2, 0) is 0 Å². The molecule has 2 unspecified atom stereocenters. The molecule has 0 aliphatic rings. The van der Waals surface area contributed by atoms with E-state index in [4.69, 9.17) is 0 Å². The van der Waals surface area contributed by atoms with E-state index in [0.717, 1.165) is 12.0 Å². The summed E-state index contributed by atoms with van der Waals surface area (Å²) in [5, 5.41) is 10.9. The zero-order valence-corrected chi connectivity index (χ0v) is 11.2. The van der Waals surface area contributed by atoms with Crippen LogP contribution in [0.25, 0.3) is 0 Å². The number of rotatable bonds is 4. The molecule has 5 heteroatoms. The molecule has 0 bridgehead atoms. The second kappa shape index (κ2) is 5.39. The molecular weight excluding hydrogens is 272 g/mol. The summed E-state index contributed by atoms with van der Waals surface area (Å²) >= 11 is 3.52. The summed E-state index contributed by atoms with van der Waals surface area (Å²) in [6.45, 7) is 5.80. The van der Waals surface area contributed by atoms with Crippen LogP contribution in [0.5, 0.6) is 0 Å². The van der Waals surface area contributed by atoms with E-state index in [1.165, 1.54) is 0 Å². The van der Waals surface area contributed by atoms with E-state index < -0.39 is 0 Å². The van der Waals surface area contributed by atoms with Gasteiger partial charge in [-0.2, -0.15) is 0 Å². The Hall–Kier alpha value is -0.970. The Morgan fingerprint density at radius 2 is 2.25 bits per heavy atom. The molecule has 1 heterocycles. The van der Waals surface area contributed by atoms with E-state index >= 15 is 0 Å². The van der Waals surface area contributed by atoms with Gasteiger partial charge in [0.05, 0.1) is 4.92 Å². The van der Waals surface area contributed by atoms with Crippen molar-refractivity contribution in [1.82, 2.24) is 4.98 Å². The molecule has 0 spiro atoms. The third kappa shape index (κ3) is 2.78. The zero-order chi connectivity index (χ0) is 12.3. The smallest absolute Gasteiger partial charge is 0.258 e. The van der Waals surface area contributed by atoms with Crippen LogP contribution < -0.4 is 0 Å². The summed E-state index contributed by atoms with van der Waals surface area (Å²) in [5.41, 5.74) is 1.48. The number of halogens is 1. The Labute approximate surface area is 103 Å². The molecule has 16 heavy (non-hydrogen) atoms. The van der Waals surface area contributed by atoms with Gasteiger partial charge in [-0.05, 0) is 18.9 Å². The van der Waals surface area contributed by atoms with Crippen molar-refractivity contribution in [2.75, 3.05) is 0 Å². The molecule has 0 aromatic carbocycles. The first-order valence-electron chi connectivity index (χ1n) is 5.22. The van der Waals surface area contributed by atoms with Crippen LogP contribution in [0.2, 0.25) is 0 Å². The molecular formula is C11H15BrN2O2. The second-order valence-corrected chi connectivity index (χ2v) is 5.06. The fourth-order valence-electron chi connectivity index (χ4n) is 1.59. The highest BCUT2D eigenvalue weighted by Crippen LogP contribution is 2.31. The number of nitro groups is 1. The molecule has 1 aromatic rings. The molecule has 0 N–H and O–H groups in total. The van der Waals surface area contributed by atoms with E-state index in [0.29, 0.717) is 5.69 Å². The van der Waals surface area contributed by atoms with Crippen LogP contribution in [0.1, 0.15) is 37.4 Å². The summed E-state index contributed by atoms with van der Waals surface area (Å²) in [6, 6.07) is 1.58. The molecule has 1 aromatic heterocycles. The highest BCUT2D eigenvalue weighted by molar-refractivity contribution is 9.09. The van der Waals surface area contributed by atoms with Gasteiger partial charge in [-0.1, -0.05) is 29.8 Å². The fourth-order valence-corrected chi connectivity index (χ4v) is 1.84.